The van der Waals surface area contributed by atoms with Gasteiger partial charge in [-0.05, 0) is 31.0 Å². The van der Waals surface area contributed by atoms with E-state index in [2.05, 4.69) is 35.4 Å². The molecule has 0 atom stereocenters. The van der Waals surface area contributed by atoms with Gasteiger partial charge in [0.05, 0.1) is 5.02 Å². The largest absolute Gasteiger partial charge is 0.312 e. The molecule has 20 heavy (non-hydrogen) atoms. The van der Waals surface area contributed by atoms with Crippen molar-refractivity contribution >= 4 is 34.7 Å². The molecular formula is C14H18ClN3S2. The highest BCUT2D eigenvalue weighted by Gasteiger charge is 2.11. The van der Waals surface area contributed by atoms with Gasteiger partial charge in [0, 0.05) is 11.4 Å². The van der Waals surface area contributed by atoms with Crippen molar-refractivity contribution in [3.05, 3.63) is 33.8 Å². The smallest absolute Gasteiger partial charge is 0.179 e. The first-order chi connectivity index (χ1) is 9.56. The Bertz CT molecular complexity index is 569. The highest BCUT2D eigenvalue weighted by Crippen LogP contribution is 2.37. The number of nitrogens with one attached hydrogen (secondary N) is 1. The van der Waals surface area contributed by atoms with Crippen LogP contribution in [0.2, 0.25) is 5.02 Å². The van der Waals surface area contributed by atoms with Crippen LogP contribution in [0.25, 0.3) is 0 Å². The van der Waals surface area contributed by atoms with Gasteiger partial charge in [-0.3, -0.25) is 0 Å². The minimum Gasteiger partial charge on any atom is -0.312 e. The van der Waals surface area contributed by atoms with Crippen LogP contribution in [0.4, 0.5) is 0 Å². The van der Waals surface area contributed by atoms with Gasteiger partial charge in [0.1, 0.15) is 5.01 Å². The zero-order valence-electron chi connectivity index (χ0n) is 11.8. The molecule has 1 N–H and O–H groups in total. The Labute approximate surface area is 133 Å². The summed E-state index contributed by atoms with van der Waals surface area (Å²) < 4.78 is 0.931. The lowest BCUT2D eigenvalue weighted by Crippen LogP contribution is -2.19. The number of aryl methyl sites for hydroxylation is 1. The van der Waals surface area contributed by atoms with Gasteiger partial charge >= 0.3 is 0 Å². The fourth-order valence-electron chi connectivity index (χ4n) is 1.71. The van der Waals surface area contributed by atoms with Gasteiger partial charge in [0.15, 0.2) is 4.34 Å². The average Bonchev–Trinajstić information content (AvgIpc) is 2.78. The standard InChI is InChI=1S/C14H18ClN3S2/c1-9(2)7-16-8-11-5-4-6-12(15)13(11)20-14-18-17-10(3)19-14/h4-6,9,16H,7-8H2,1-3H3. The van der Waals surface area contributed by atoms with E-state index in [1.165, 1.54) is 5.56 Å². The molecule has 1 aromatic carbocycles. The van der Waals surface area contributed by atoms with E-state index in [1.807, 2.05) is 19.1 Å². The molecule has 0 aliphatic rings. The van der Waals surface area contributed by atoms with E-state index < -0.39 is 0 Å². The SMILES string of the molecule is Cc1nnc(Sc2c(Cl)cccc2CNCC(C)C)s1. The van der Waals surface area contributed by atoms with E-state index in [4.69, 9.17) is 11.6 Å². The fourth-order valence-corrected chi connectivity index (χ4v) is 3.91. The molecule has 0 spiro atoms. The summed E-state index contributed by atoms with van der Waals surface area (Å²) in [7, 11) is 0. The van der Waals surface area contributed by atoms with Crippen LogP contribution < -0.4 is 5.32 Å². The molecule has 0 bridgehead atoms. The number of aromatic nitrogens is 2. The van der Waals surface area contributed by atoms with Crippen molar-refractivity contribution in [2.24, 2.45) is 5.92 Å². The molecule has 2 rings (SSSR count). The minimum atomic E-state index is 0.635. The van der Waals surface area contributed by atoms with Gasteiger partial charge in [-0.15, -0.1) is 10.2 Å². The summed E-state index contributed by atoms with van der Waals surface area (Å²) in [6.45, 7) is 8.17. The third-order valence-corrected chi connectivity index (χ3v) is 5.12. The van der Waals surface area contributed by atoms with E-state index in [-0.39, 0.29) is 0 Å². The third kappa shape index (κ3) is 4.45. The predicted molar refractivity (Wildman–Crippen MR) is 86.8 cm³/mol. The number of hydrogen-bond acceptors (Lipinski definition) is 5. The van der Waals surface area contributed by atoms with Crippen molar-refractivity contribution in [1.29, 1.82) is 0 Å². The molecule has 0 aliphatic carbocycles. The van der Waals surface area contributed by atoms with Gasteiger partial charge < -0.3 is 5.32 Å². The van der Waals surface area contributed by atoms with Crippen molar-refractivity contribution in [2.45, 2.75) is 36.6 Å². The average molecular weight is 328 g/mol. The van der Waals surface area contributed by atoms with E-state index in [1.54, 1.807) is 23.1 Å². The van der Waals surface area contributed by atoms with Gasteiger partial charge in [0.25, 0.3) is 0 Å². The maximum absolute atomic E-state index is 6.34. The molecule has 1 heterocycles. The minimum absolute atomic E-state index is 0.635. The van der Waals surface area contributed by atoms with Gasteiger partial charge in [0.2, 0.25) is 0 Å². The lowest BCUT2D eigenvalue weighted by Gasteiger charge is -2.12. The maximum atomic E-state index is 6.34. The first-order valence-electron chi connectivity index (χ1n) is 6.52. The monoisotopic (exact) mass is 327 g/mol. The molecule has 0 amide bonds. The number of hydrogen-bond donors (Lipinski definition) is 1. The predicted octanol–water partition coefficient (Wildman–Crippen LogP) is 4.40. The second kappa shape index (κ2) is 7.41. The molecule has 0 unspecified atom stereocenters. The summed E-state index contributed by atoms with van der Waals surface area (Å²) in [6.07, 6.45) is 0. The van der Waals surface area contributed by atoms with Crippen molar-refractivity contribution in [1.82, 2.24) is 15.5 Å². The molecule has 0 aliphatic heterocycles. The lowest BCUT2D eigenvalue weighted by molar-refractivity contribution is 0.550. The molecule has 108 valence electrons. The van der Waals surface area contributed by atoms with Crippen molar-refractivity contribution in [3.8, 4) is 0 Å². The third-order valence-electron chi connectivity index (χ3n) is 2.61. The molecular weight excluding hydrogens is 310 g/mol. The lowest BCUT2D eigenvalue weighted by atomic mass is 10.2. The number of rotatable bonds is 6. The molecule has 0 radical (unpaired) electrons. The Balaban J connectivity index is 2.13. The Kier molecular flexibility index (Phi) is 5.84. The molecule has 1 aromatic heterocycles. The highest BCUT2D eigenvalue weighted by atomic mass is 35.5. The van der Waals surface area contributed by atoms with E-state index in [9.17, 15) is 0 Å². The second-order valence-corrected chi connectivity index (χ2v) is 7.79. The zero-order valence-corrected chi connectivity index (χ0v) is 14.2. The molecule has 0 saturated heterocycles. The van der Waals surface area contributed by atoms with Crippen LogP contribution in [0.3, 0.4) is 0 Å². The Morgan fingerprint density at radius 1 is 1.35 bits per heavy atom. The zero-order chi connectivity index (χ0) is 14.5. The molecule has 0 fully saturated rings. The molecule has 6 heteroatoms. The van der Waals surface area contributed by atoms with Crippen LogP contribution in [0, 0.1) is 12.8 Å². The maximum Gasteiger partial charge on any atom is 0.179 e. The van der Waals surface area contributed by atoms with Gasteiger partial charge in [-0.1, -0.05) is 60.7 Å². The number of halogens is 1. The second-order valence-electron chi connectivity index (χ2n) is 4.94. The summed E-state index contributed by atoms with van der Waals surface area (Å²) in [5, 5.41) is 13.4. The highest BCUT2D eigenvalue weighted by molar-refractivity contribution is 8.01. The quantitative estimate of drug-likeness (QED) is 0.853. The van der Waals surface area contributed by atoms with Crippen molar-refractivity contribution in [3.63, 3.8) is 0 Å². The van der Waals surface area contributed by atoms with Crippen LogP contribution in [0.5, 0.6) is 0 Å². The summed E-state index contributed by atoms with van der Waals surface area (Å²) in [6, 6.07) is 6.02. The van der Waals surface area contributed by atoms with Gasteiger partial charge in [-0.2, -0.15) is 0 Å². The van der Waals surface area contributed by atoms with Gasteiger partial charge in [-0.25, -0.2) is 0 Å². The van der Waals surface area contributed by atoms with Crippen LogP contribution in [0.1, 0.15) is 24.4 Å². The van der Waals surface area contributed by atoms with Crippen molar-refractivity contribution < 1.29 is 0 Å². The fraction of sp³-hybridized carbons (Fsp3) is 0.429. The normalized spacial score (nSPS) is 11.2. The van der Waals surface area contributed by atoms with Crippen LogP contribution in [0.15, 0.2) is 27.4 Å². The first kappa shape index (κ1) is 15.8. The van der Waals surface area contributed by atoms with E-state index in [0.29, 0.717) is 5.92 Å². The van der Waals surface area contributed by atoms with Crippen molar-refractivity contribution in [2.75, 3.05) is 6.54 Å². The summed E-state index contributed by atoms with van der Waals surface area (Å²) in [4.78, 5) is 1.07. The van der Waals surface area contributed by atoms with Crippen LogP contribution in [-0.2, 0) is 6.54 Å². The Hall–Kier alpha value is -0.620. The van der Waals surface area contributed by atoms with E-state index in [0.717, 1.165) is 32.4 Å². The first-order valence-corrected chi connectivity index (χ1v) is 8.53. The van der Waals surface area contributed by atoms with E-state index >= 15 is 0 Å². The number of nitrogens with zero attached hydrogens (tertiary/aromatic N) is 2. The topological polar surface area (TPSA) is 37.8 Å². The summed E-state index contributed by atoms with van der Waals surface area (Å²) >= 11 is 9.52. The molecule has 0 saturated carbocycles. The summed E-state index contributed by atoms with van der Waals surface area (Å²) in [5.41, 5.74) is 1.20. The van der Waals surface area contributed by atoms with Crippen LogP contribution in [-0.4, -0.2) is 16.7 Å². The van der Waals surface area contributed by atoms with Crippen LogP contribution >= 0.6 is 34.7 Å². The molecule has 2 aromatic rings. The Morgan fingerprint density at radius 3 is 2.80 bits per heavy atom. The number of benzene rings is 1. The Morgan fingerprint density at radius 2 is 2.15 bits per heavy atom. The summed E-state index contributed by atoms with van der Waals surface area (Å²) in [5.74, 6) is 0.635. The molecule has 3 nitrogen and oxygen atoms in total.